The normalized spacial score (nSPS) is 17.7. The van der Waals surface area contributed by atoms with E-state index in [4.69, 9.17) is 4.74 Å². The highest BCUT2D eigenvalue weighted by Crippen LogP contribution is 2.16. The van der Waals surface area contributed by atoms with Crippen molar-refractivity contribution >= 4 is 11.9 Å². The van der Waals surface area contributed by atoms with Gasteiger partial charge in [0.2, 0.25) is 0 Å². The lowest BCUT2D eigenvalue weighted by molar-refractivity contribution is -0.141. The van der Waals surface area contributed by atoms with E-state index in [0.717, 1.165) is 25.9 Å². The highest BCUT2D eigenvalue weighted by Gasteiger charge is 2.23. The van der Waals surface area contributed by atoms with Crippen LogP contribution in [0, 0.1) is 0 Å². The Labute approximate surface area is 135 Å². The zero-order valence-electron chi connectivity index (χ0n) is 13.7. The van der Waals surface area contributed by atoms with Crippen LogP contribution in [-0.4, -0.2) is 73.6 Å². The summed E-state index contributed by atoms with van der Waals surface area (Å²) in [5, 5.41) is 7.71. The third kappa shape index (κ3) is 4.77. The van der Waals surface area contributed by atoms with Crippen LogP contribution in [0.4, 0.5) is 0 Å². The summed E-state index contributed by atoms with van der Waals surface area (Å²) in [6.07, 6.45) is 3.95. The maximum Gasteiger partial charge on any atom is 0.325 e. The predicted octanol–water partition coefficient (Wildman–Crippen LogP) is 0.0692. The number of amides is 1. The standard InChI is InChI=1S/C15H24N4O4/c1-22-9-8-18(11-14(20)23-2)15(21)13-5-7-19(17-13)12-4-3-6-16-10-12/h5,7,12,16H,3-4,6,8-11H2,1-2H3. The average molecular weight is 324 g/mol. The number of hydrogen-bond acceptors (Lipinski definition) is 6. The van der Waals surface area contributed by atoms with Gasteiger partial charge in [-0.3, -0.25) is 14.3 Å². The van der Waals surface area contributed by atoms with E-state index < -0.39 is 5.97 Å². The highest BCUT2D eigenvalue weighted by atomic mass is 16.5. The average Bonchev–Trinajstić information content (AvgIpc) is 3.08. The smallest absolute Gasteiger partial charge is 0.325 e. The Balaban J connectivity index is 2.05. The molecule has 1 aliphatic heterocycles. The number of hydrogen-bond donors (Lipinski definition) is 1. The lowest BCUT2D eigenvalue weighted by Gasteiger charge is -2.23. The summed E-state index contributed by atoms with van der Waals surface area (Å²) in [7, 11) is 2.84. The molecule has 2 rings (SSSR count). The van der Waals surface area contributed by atoms with E-state index in [0.29, 0.717) is 18.8 Å². The molecule has 1 N–H and O–H groups in total. The Kier molecular flexibility index (Phi) is 6.54. The third-order valence-electron chi connectivity index (χ3n) is 3.87. The third-order valence-corrected chi connectivity index (χ3v) is 3.87. The number of piperidine rings is 1. The van der Waals surface area contributed by atoms with E-state index in [2.05, 4.69) is 15.2 Å². The molecule has 0 aromatic carbocycles. The van der Waals surface area contributed by atoms with Crippen LogP contribution >= 0.6 is 0 Å². The summed E-state index contributed by atoms with van der Waals surface area (Å²) in [4.78, 5) is 25.4. The second-order valence-corrected chi connectivity index (χ2v) is 5.48. The van der Waals surface area contributed by atoms with E-state index in [1.54, 1.807) is 13.2 Å². The van der Waals surface area contributed by atoms with Crippen molar-refractivity contribution in [2.45, 2.75) is 18.9 Å². The topological polar surface area (TPSA) is 85.7 Å². The van der Waals surface area contributed by atoms with Crippen molar-refractivity contribution < 1.29 is 19.1 Å². The number of carbonyl (C=O) groups is 2. The SMILES string of the molecule is COCCN(CC(=O)OC)C(=O)c1ccn(C2CCCNC2)n1. The lowest BCUT2D eigenvalue weighted by atomic mass is 10.1. The quantitative estimate of drug-likeness (QED) is 0.714. The van der Waals surface area contributed by atoms with E-state index >= 15 is 0 Å². The maximum absolute atomic E-state index is 12.6. The number of methoxy groups -OCH3 is 2. The van der Waals surface area contributed by atoms with Crippen LogP contribution in [0.1, 0.15) is 29.4 Å². The molecule has 0 spiro atoms. The first-order chi connectivity index (χ1) is 11.2. The number of ether oxygens (including phenoxy) is 2. The molecule has 23 heavy (non-hydrogen) atoms. The Bertz CT molecular complexity index is 525. The molecule has 0 saturated carbocycles. The van der Waals surface area contributed by atoms with Crippen molar-refractivity contribution in [2.24, 2.45) is 0 Å². The summed E-state index contributed by atoms with van der Waals surface area (Å²) < 4.78 is 11.5. The Morgan fingerprint density at radius 1 is 1.48 bits per heavy atom. The Morgan fingerprint density at radius 2 is 2.30 bits per heavy atom. The largest absolute Gasteiger partial charge is 0.468 e. The van der Waals surface area contributed by atoms with E-state index in [-0.39, 0.29) is 18.5 Å². The summed E-state index contributed by atoms with van der Waals surface area (Å²) in [5.74, 6) is -0.764. The van der Waals surface area contributed by atoms with Crippen molar-refractivity contribution in [2.75, 3.05) is 47.0 Å². The first kappa shape index (κ1) is 17.4. The number of esters is 1. The molecule has 1 amide bonds. The van der Waals surface area contributed by atoms with Gasteiger partial charge >= 0.3 is 5.97 Å². The molecule has 0 aliphatic carbocycles. The molecule has 1 aromatic rings. The Morgan fingerprint density at radius 3 is 2.96 bits per heavy atom. The van der Waals surface area contributed by atoms with Gasteiger partial charge in [0.15, 0.2) is 0 Å². The molecule has 1 aliphatic rings. The molecule has 8 nitrogen and oxygen atoms in total. The number of nitrogens with one attached hydrogen (secondary N) is 1. The van der Waals surface area contributed by atoms with Gasteiger partial charge in [0, 0.05) is 26.4 Å². The summed E-state index contributed by atoms with van der Waals surface area (Å²) in [6, 6.07) is 1.95. The van der Waals surface area contributed by atoms with Crippen molar-refractivity contribution in [3.05, 3.63) is 18.0 Å². The molecule has 128 valence electrons. The zero-order chi connectivity index (χ0) is 16.7. The number of aromatic nitrogens is 2. The molecule has 8 heteroatoms. The van der Waals surface area contributed by atoms with Gasteiger partial charge in [0.05, 0.1) is 19.8 Å². The van der Waals surface area contributed by atoms with Gasteiger partial charge < -0.3 is 19.7 Å². The van der Waals surface area contributed by atoms with Crippen LogP contribution in [0.2, 0.25) is 0 Å². The second kappa shape index (κ2) is 8.64. The van der Waals surface area contributed by atoms with Crippen LogP contribution in [-0.2, 0) is 14.3 Å². The van der Waals surface area contributed by atoms with E-state index in [1.807, 2.05) is 10.9 Å². The molecular weight excluding hydrogens is 300 g/mol. The van der Waals surface area contributed by atoms with Crippen LogP contribution in [0.15, 0.2) is 12.3 Å². The second-order valence-electron chi connectivity index (χ2n) is 5.48. The van der Waals surface area contributed by atoms with Crippen LogP contribution in [0.25, 0.3) is 0 Å². The highest BCUT2D eigenvalue weighted by molar-refractivity contribution is 5.94. The molecule has 0 bridgehead atoms. The molecule has 1 aromatic heterocycles. The van der Waals surface area contributed by atoms with Gasteiger partial charge in [-0.2, -0.15) is 5.10 Å². The van der Waals surface area contributed by atoms with Crippen LogP contribution < -0.4 is 5.32 Å². The minimum atomic E-state index is -0.467. The minimum absolute atomic E-state index is 0.115. The van der Waals surface area contributed by atoms with Crippen molar-refractivity contribution in [3.63, 3.8) is 0 Å². The predicted molar refractivity (Wildman–Crippen MR) is 83.2 cm³/mol. The fraction of sp³-hybridized carbons (Fsp3) is 0.667. The first-order valence-electron chi connectivity index (χ1n) is 7.76. The van der Waals surface area contributed by atoms with Crippen LogP contribution in [0.3, 0.4) is 0 Å². The van der Waals surface area contributed by atoms with Gasteiger partial charge in [-0.1, -0.05) is 0 Å². The van der Waals surface area contributed by atoms with Crippen LogP contribution in [0.5, 0.6) is 0 Å². The van der Waals surface area contributed by atoms with Gasteiger partial charge in [0.1, 0.15) is 12.2 Å². The summed E-state index contributed by atoms with van der Waals surface area (Å²) in [5.41, 5.74) is 0.329. The van der Waals surface area contributed by atoms with Gasteiger partial charge in [-0.05, 0) is 25.5 Å². The summed E-state index contributed by atoms with van der Waals surface area (Å²) in [6.45, 7) is 2.41. The molecule has 1 fully saturated rings. The molecule has 1 atom stereocenters. The molecular formula is C15H24N4O4. The van der Waals surface area contributed by atoms with Crippen molar-refractivity contribution in [3.8, 4) is 0 Å². The van der Waals surface area contributed by atoms with Gasteiger partial charge in [-0.25, -0.2) is 0 Å². The summed E-state index contributed by atoms with van der Waals surface area (Å²) >= 11 is 0. The minimum Gasteiger partial charge on any atom is -0.468 e. The van der Waals surface area contributed by atoms with Gasteiger partial charge in [0.25, 0.3) is 5.91 Å². The Hall–Kier alpha value is -1.93. The first-order valence-corrected chi connectivity index (χ1v) is 7.76. The zero-order valence-corrected chi connectivity index (χ0v) is 13.7. The number of rotatable bonds is 7. The molecule has 2 heterocycles. The molecule has 1 unspecified atom stereocenters. The fourth-order valence-electron chi connectivity index (χ4n) is 2.55. The van der Waals surface area contributed by atoms with Gasteiger partial charge in [-0.15, -0.1) is 0 Å². The van der Waals surface area contributed by atoms with Crippen molar-refractivity contribution in [1.29, 1.82) is 0 Å². The number of carbonyl (C=O) groups excluding carboxylic acids is 2. The van der Waals surface area contributed by atoms with E-state index in [9.17, 15) is 9.59 Å². The molecule has 1 saturated heterocycles. The van der Waals surface area contributed by atoms with E-state index in [1.165, 1.54) is 12.0 Å². The monoisotopic (exact) mass is 324 g/mol. The molecule has 0 radical (unpaired) electrons. The maximum atomic E-state index is 12.6. The lowest BCUT2D eigenvalue weighted by Crippen LogP contribution is -2.39. The number of nitrogens with zero attached hydrogens (tertiary/aromatic N) is 3. The van der Waals surface area contributed by atoms with Crippen molar-refractivity contribution in [1.82, 2.24) is 20.0 Å². The fourth-order valence-corrected chi connectivity index (χ4v) is 2.55.